The molecule has 0 radical (unpaired) electrons. The minimum Gasteiger partial charge on any atom is -0.485 e. The van der Waals surface area contributed by atoms with Gasteiger partial charge in [-0.15, -0.1) is 22.7 Å². The summed E-state index contributed by atoms with van der Waals surface area (Å²) in [7, 11) is 0. The van der Waals surface area contributed by atoms with E-state index in [9.17, 15) is 0 Å². The molecule has 0 amide bonds. The van der Waals surface area contributed by atoms with Gasteiger partial charge in [-0.3, -0.25) is 0 Å². The van der Waals surface area contributed by atoms with Gasteiger partial charge in [0.05, 0.1) is 16.6 Å². The predicted molar refractivity (Wildman–Crippen MR) is 95.0 cm³/mol. The number of rotatable bonds is 2. The van der Waals surface area contributed by atoms with Crippen LogP contribution >= 0.6 is 34.4 Å². The summed E-state index contributed by atoms with van der Waals surface area (Å²) >= 11 is 4.60. The zero-order chi connectivity index (χ0) is 15.2. The van der Waals surface area contributed by atoms with Crippen LogP contribution in [0.5, 0.6) is 11.5 Å². The van der Waals surface area contributed by atoms with Gasteiger partial charge in [0.15, 0.2) is 11.5 Å². The first-order valence-electron chi connectivity index (χ1n) is 7.08. The van der Waals surface area contributed by atoms with E-state index in [-0.39, 0.29) is 0 Å². The Kier molecular flexibility index (Phi) is 3.10. The molecule has 0 fully saturated rings. The Bertz CT molecular complexity index is 988. The summed E-state index contributed by atoms with van der Waals surface area (Å²) in [5.41, 5.74) is 4.08. The molecular formula is C16H10N2O2S3. The zero-order valence-electron chi connectivity index (χ0n) is 11.8. The van der Waals surface area contributed by atoms with Gasteiger partial charge in [0.25, 0.3) is 0 Å². The van der Waals surface area contributed by atoms with Gasteiger partial charge in [0, 0.05) is 21.4 Å². The Hall–Kier alpha value is -1.96. The number of hydrogen-bond donors (Lipinski definition) is 0. The van der Waals surface area contributed by atoms with E-state index in [1.165, 1.54) is 16.6 Å². The molecule has 0 aliphatic carbocycles. The summed E-state index contributed by atoms with van der Waals surface area (Å²) in [4.78, 5) is 2.28. The number of benzene rings is 1. The third-order valence-electron chi connectivity index (χ3n) is 3.75. The smallest absolute Gasteiger partial charge is 0.180 e. The number of thiophene rings is 2. The Morgan fingerprint density at radius 1 is 0.913 bits per heavy atom. The van der Waals surface area contributed by atoms with Crippen LogP contribution in [0.4, 0.5) is 0 Å². The Morgan fingerprint density at radius 3 is 2.61 bits per heavy atom. The van der Waals surface area contributed by atoms with Gasteiger partial charge < -0.3 is 9.47 Å². The molecule has 1 aliphatic heterocycles. The molecule has 3 aromatic heterocycles. The van der Waals surface area contributed by atoms with Gasteiger partial charge in [-0.2, -0.15) is 8.75 Å². The first-order valence-corrected chi connectivity index (χ1v) is 9.57. The molecule has 23 heavy (non-hydrogen) atoms. The van der Waals surface area contributed by atoms with Gasteiger partial charge in [-0.1, -0.05) is 18.2 Å². The second-order valence-electron chi connectivity index (χ2n) is 5.05. The van der Waals surface area contributed by atoms with Crippen LogP contribution in [0, 0.1) is 0 Å². The van der Waals surface area contributed by atoms with Crippen LogP contribution in [0.15, 0.2) is 35.0 Å². The van der Waals surface area contributed by atoms with Crippen molar-refractivity contribution in [3.63, 3.8) is 0 Å². The highest BCUT2D eigenvalue weighted by Crippen LogP contribution is 2.48. The van der Waals surface area contributed by atoms with E-state index in [4.69, 9.17) is 9.47 Å². The van der Waals surface area contributed by atoms with Crippen LogP contribution in [0.3, 0.4) is 0 Å². The van der Waals surface area contributed by atoms with E-state index in [0.717, 1.165) is 38.5 Å². The maximum atomic E-state index is 5.82. The fourth-order valence-corrected chi connectivity index (χ4v) is 5.01. The molecule has 1 aliphatic rings. The van der Waals surface area contributed by atoms with E-state index in [1.54, 1.807) is 22.7 Å². The lowest BCUT2D eigenvalue weighted by molar-refractivity contribution is 0.174. The summed E-state index contributed by atoms with van der Waals surface area (Å²) < 4.78 is 20.5. The SMILES string of the molecule is c1csc(-c2ccc(-c3scc4c3OCCO4)c3nsnc23)c1. The van der Waals surface area contributed by atoms with Crippen molar-refractivity contribution in [3.05, 3.63) is 35.0 Å². The molecule has 1 aromatic carbocycles. The average molecular weight is 358 g/mol. The van der Waals surface area contributed by atoms with Crippen molar-refractivity contribution in [1.29, 1.82) is 0 Å². The summed E-state index contributed by atoms with van der Waals surface area (Å²) in [5, 5.41) is 4.08. The second kappa shape index (κ2) is 5.30. The van der Waals surface area contributed by atoms with Crippen molar-refractivity contribution in [1.82, 2.24) is 8.75 Å². The maximum Gasteiger partial charge on any atom is 0.180 e. The normalized spacial score (nSPS) is 13.6. The molecule has 5 rings (SSSR count). The topological polar surface area (TPSA) is 44.2 Å². The van der Waals surface area contributed by atoms with Crippen molar-refractivity contribution >= 4 is 45.4 Å². The molecule has 7 heteroatoms. The minimum atomic E-state index is 0.586. The number of nitrogens with zero attached hydrogens (tertiary/aromatic N) is 2. The molecule has 4 nitrogen and oxygen atoms in total. The molecule has 4 heterocycles. The highest BCUT2D eigenvalue weighted by Gasteiger charge is 2.23. The molecule has 114 valence electrons. The standard InChI is InChI=1S/C16H10N2O2S3/c1-2-12(21-7-1)9-3-4-10(14-13(9)17-23-18-14)16-15-11(8-22-16)19-5-6-20-15/h1-4,7-8H,5-6H2. The summed E-state index contributed by atoms with van der Waals surface area (Å²) in [6.07, 6.45) is 0. The summed E-state index contributed by atoms with van der Waals surface area (Å²) in [6.45, 7) is 1.19. The average Bonchev–Trinajstić information content (AvgIpc) is 3.33. The molecule has 4 aromatic rings. The second-order valence-corrected chi connectivity index (χ2v) is 7.41. The van der Waals surface area contributed by atoms with E-state index in [2.05, 4.69) is 38.4 Å². The molecule has 0 bridgehead atoms. The van der Waals surface area contributed by atoms with Crippen LogP contribution in [-0.4, -0.2) is 22.0 Å². The van der Waals surface area contributed by atoms with Crippen molar-refractivity contribution in [3.8, 4) is 32.4 Å². The van der Waals surface area contributed by atoms with Crippen molar-refractivity contribution < 1.29 is 9.47 Å². The molecule has 0 spiro atoms. The highest BCUT2D eigenvalue weighted by molar-refractivity contribution is 7.14. The third kappa shape index (κ3) is 2.08. The molecular weight excluding hydrogens is 348 g/mol. The van der Waals surface area contributed by atoms with Crippen LogP contribution in [-0.2, 0) is 0 Å². The fraction of sp³-hybridized carbons (Fsp3) is 0.125. The third-order valence-corrected chi connectivity index (χ3v) is 6.15. The number of hydrogen-bond acceptors (Lipinski definition) is 7. The lowest BCUT2D eigenvalue weighted by atomic mass is 10.1. The van der Waals surface area contributed by atoms with Crippen LogP contribution in [0.1, 0.15) is 0 Å². The van der Waals surface area contributed by atoms with E-state index < -0.39 is 0 Å². The monoisotopic (exact) mass is 358 g/mol. The zero-order valence-corrected chi connectivity index (χ0v) is 14.3. The quantitative estimate of drug-likeness (QED) is 0.510. The van der Waals surface area contributed by atoms with Crippen molar-refractivity contribution in [2.24, 2.45) is 0 Å². The first kappa shape index (κ1) is 13.5. The van der Waals surface area contributed by atoms with E-state index in [1.807, 2.05) is 5.38 Å². The lowest BCUT2D eigenvalue weighted by Crippen LogP contribution is -2.14. The van der Waals surface area contributed by atoms with Crippen LogP contribution < -0.4 is 9.47 Å². The number of ether oxygens (including phenoxy) is 2. The Balaban J connectivity index is 1.73. The van der Waals surface area contributed by atoms with Gasteiger partial charge in [-0.25, -0.2) is 0 Å². The molecule has 0 saturated heterocycles. The molecule has 0 saturated carbocycles. The van der Waals surface area contributed by atoms with E-state index >= 15 is 0 Å². The van der Waals surface area contributed by atoms with Crippen molar-refractivity contribution in [2.75, 3.05) is 13.2 Å². The van der Waals surface area contributed by atoms with Crippen LogP contribution in [0.2, 0.25) is 0 Å². The first-order chi connectivity index (χ1) is 11.4. The Morgan fingerprint density at radius 2 is 1.74 bits per heavy atom. The van der Waals surface area contributed by atoms with E-state index in [0.29, 0.717) is 13.2 Å². The molecule has 0 unspecified atom stereocenters. The number of fused-ring (bicyclic) bond motifs is 2. The largest absolute Gasteiger partial charge is 0.485 e. The van der Waals surface area contributed by atoms with Gasteiger partial charge >= 0.3 is 0 Å². The Labute approximate surface area is 144 Å². The minimum absolute atomic E-state index is 0.586. The van der Waals surface area contributed by atoms with Gasteiger partial charge in [-0.05, 0) is 11.4 Å². The summed E-state index contributed by atoms with van der Waals surface area (Å²) in [5.74, 6) is 1.66. The predicted octanol–water partition coefficient (Wildman–Crippen LogP) is 4.92. The maximum absolute atomic E-state index is 5.82. The van der Waals surface area contributed by atoms with Crippen molar-refractivity contribution in [2.45, 2.75) is 0 Å². The number of aromatic nitrogens is 2. The molecule has 0 atom stereocenters. The van der Waals surface area contributed by atoms with Gasteiger partial charge in [0.1, 0.15) is 24.2 Å². The van der Waals surface area contributed by atoms with Crippen LogP contribution in [0.25, 0.3) is 31.9 Å². The highest BCUT2D eigenvalue weighted by atomic mass is 32.1. The fourth-order valence-electron chi connectivity index (χ4n) is 2.73. The van der Waals surface area contributed by atoms with Gasteiger partial charge in [0.2, 0.25) is 0 Å². The molecule has 0 N–H and O–H groups in total. The summed E-state index contributed by atoms with van der Waals surface area (Å²) in [6, 6.07) is 8.41. The lowest BCUT2D eigenvalue weighted by Gasteiger charge is -2.16.